The highest BCUT2D eigenvalue weighted by Gasteiger charge is 2.42. The van der Waals surface area contributed by atoms with Crippen molar-refractivity contribution in [1.29, 1.82) is 0 Å². The molecule has 2 aliphatic rings. The van der Waals surface area contributed by atoms with E-state index >= 15 is 0 Å². The van der Waals surface area contributed by atoms with Crippen LogP contribution in [-0.4, -0.2) is 38.1 Å². The Kier molecular flexibility index (Phi) is 3.78. The maximum Gasteiger partial charge on any atom is 0.166 e. The summed E-state index contributed by atoms with van der Waals surface area (Å²) in [7, 11) is 0. The van der Waals surface area contributed by atoms with Crippen LogP contribution in [0.5, 0.6) is 5.75 Å². The number of hydrogen-bond donors (Lipinski definition) is 2. The van der Waals surface area contributed by atoms with E-state index in [-0.39, 0.29) is 12.0 Å². The van der Waals surface area contributed by atoms with Gasteiger partial charge in [-0.05, 0) is 43.7 Å². The molecular formula is C19H21N7O. The summed E-state index contributed by atoms with van der Waals surface area (Å²) in [5.41, 5.74) is 10.1. The fraction of sp³-hybridized carbons (Fsp3) is 0.368. The van der Waals surface area contributed by atoms with Crippen LogP contribution in [0.2, 0.25) is 0 Å². The third-order valence-electron chi connectivity index (χ3n) is 5.55. The molecule has 1 spiro atoms. The Morgan fingerprint density at radius 1 is 1.30 bits per heavy atom. The predicted octanol–water partition coefficient (Wildman–Crippen LogP) is 1.53. The van der Waals surface area contributed by atoms with Gasteiger partial charge in [-0.1, -0.05) is 0 Å². The number of pyridine rings is 1. The van der Waals surface area contributed by atoms with Crippen LogP contribution >= 0.6 is 0 Å². The number of fused-ring (bicyclic) bond motifs is 2. The van der Waals surface area contributed by atoms with E-state index in [0.29, 0.717) is 11.6 Å². The van der Waals surface area contributed by atoms with Crippen molar-refractivity contribution in [3.63, 3.8) is 0 Å². The Bertz CT molecular complexity index is 963. The number of hydrogen-bond acceptors (Lipinski definition) is 7. The van der Waals surface area contributed by atoms with Crippen LogP contribution in [-0.2, 0) is 18.6 Å². The molecule has 0 bridgehead atoms. The first-order valence-corrected chi connectivity index (χ1v) is 9.18. The number of nitrogens with one attached hydrogen (secondary N) is 1. The van der Waals surface area contributed by atoms with Crippen LogP contribution in [0.15, 0.2) is 36.7 Å². The maximum absolute atomic E-state index is 5.99. The minimum absolute atomic E-state index is 0.234. The van der Waals surface area contributed by atoms with Crippen LogP contribution in [0.1, 0.15) is 24.2 Å². The molecule has 0 aromatic carbocycles. The van der Waals surface area contributed by atoms with Gasteiger partial charge in [0.15, 0.2) is 11.6 Å². The van der Waals surface area contributed by atoms with Gasteiger partial charge >= 0.3 is 0 Å². The molecule has 8 heteroatoms. The van der Waals surface area contributed by atoms with Gasteiger partial charge in [0.05, 0.1) is 5.69 Å². The fourth-order valence-corrected chi connectivity index (χ4v) is 4.05. The quantitative estimate of drug-likeness (QED) is 0.724. The number of ether oxygens (including phenoxy) is 1. The van der Waals surface area contributed by atoms with Gasteiger partial charge in [-0.3, -0.25) is 4.68 Å². The molecule has 3 aromatic rings. The van der Waals surface area contributed by atoms with Crippen LogP contribution in [0.25, 0.3) is 11.3 Å². The van der Waals surface area contributed by atoms with E-state index in [1.807, 2.05) is 18.2 Å². The van der Waals surface area contributed by atoms with Gasteiger partial charge in [-0.15, -0.1) is 0 Å². The third kappa shape index (κ3) is 2.82. The topological polar surface area (TPSA) is 104 Å². The molecule has 0 amide bonds. The number of anilines is 1. The smallest absolute Gasteiger partial charge is 0.166 e. The molecule has 2 aliphatic heterocycles. The predicted molar refractivity (Wildman–Crippen MR) is 100 cm³/mol. The lowest BCUT2D eigenvalue weighted by atomic mass is 9.82. The van der Waals surface area contributed by atoms with E-state index in [2.05, 4.69) is 31.2 Å². The normalized spacial score (nSPS) is 20.9. The van der Waals surface area contributed by atoms with Gasteiger partial charge in [0.1, 0.15) is 12.3 Å². The molecule has 1 fully saturated rings. The molecule has 8 nitrogen and oxygen atoms in total. The molecule has 3 N–H and O–H groups in total. The van der Waals surface area contributed by atoms with Gasteiger partial charge in [0.25, 0.3) is 0 Å². The van der Waals surface area contributed by atoms with E-state index in [9.17, 15) is 0 Å². The first-order chi connectivity index (χ1) is 13.2. The second-order valence-corrected chi connectivity index (χ2v) is 7.21. The Balaban J connectivity index is 1.41. The van der Waals surface area contributed by atoms with Crippen molar-refractivity contribution in [1.82, 2.24) is 30.3 Å². The highest BCUT2D eigenvalue weighted by atomic mass is 16.5. The second-order valence-electron chi connectivity index (χ2n) is 7.21. The molecule has 1 unspecified atom stereocenters. The highest BCUT2D eigenvalue weighted by molar-refractivity contribution is 5.64. The van der Waals surface area contributed by atoms with Gasteiger partial charge in [-0.25, -0.2) is 4.98 Å². The highest BCUT2D eigenvalue weighted by Crippen LogP contribution is 2.41. The summed E-state index contributed by atoms with van der Waals surface area (Å²) in [6.07, 6.45) is 5.71. The van der Waals surface area contributed by atoms with Gasteiger partial charge in [0.2, 0.25) is 0 Å². The van der Waals surface area contributed by atoms with Crippen molar-refractivity contribution in [3.8, 4) is 17.0 Å². The van der Waals surface area contributed by atoms with Gasteiger partial charge in [-0.2, -0.15) is 15.3 Å². The first kappa shape index (κ1) is 16.2. The Hall–Kier alpha value is -3.00. The number of nitrogens with zero attached hydrogens (tertiary/aromatic N) is 5. The molecule has 0 radical (unpaired) electrons. The number of rotatable bonds is 4. The number of aryl methyl sites for hydroxylation is 1. The summed E-state index contributed by atoms with van der Waals surface area (Å²) >= 11 is 0. The fourth-order valence-electron chi connectivity index (χ4n) is 4.05. The van der Waals surface area contributed by atoms with E-state index in [0.717, 1.165) is 43.0 Å². The average molecular weight is 363 g/mol. The van der Waals surface area contributed by atoms with Crippen LogP contribution < -0.4 is 15.8 Å². The zero-order valence-electron chi connectivity index (χ0n) is 14.9. The summed E-state index contributed by atoms with van der Waals surface area (Å²) in [6, 6.07) is 7.77. The summed E-state index contributed by atoms with van der Waals surface area (Å²) < 4.78 is 7.96. The third-order valence-corrected chi connectivity index (χ3v) is 5.55. The standard InChI is InChI=1S/C19H21N7O/c20-18-16(27-11-14-2-1-5-23-24-14)8-13(10-22-18)15-9-17-19(3-6-21-12-19)4-7-26(17)25-15/h1-2,5,8-10,21H,3-4,6-7,11-12H2,(H2,20,22). The average Bonchev–Trinajstić information content (AvgIpc) is 3.41. The van der Waals surface area contributed by atoms with Crippen molar-refractivity contribution in [3.05, 3.63) is 48.0 Å². The molecule has 1 saturated heterocycles. The molecule has 138 valence electrons. The zero-order valence-corrected chi connectivity index (χ0v) is 14.9. The van der Waals surface area contributed by atoms with Crippen molar-refractivity contribution >= 4 is 5.82 Å². The Morgan fingerprint density at radius 2 is 2.26 bits per heavy atom. The van der Waals surface area contributed by atoms with E-state index < -0.39 is 0 Å². The molecule has 3 aromatic heterocycles. The van der Waals surface area contributed by atoms with E-state index in [1.165, 1.54) is 12.1 Å². The zero-order chi connectivity index (χ0) is 18.3. The minimum atomic E-state index is 0.234. The van der Waals surface area contributed by atoms with Crippen LogP contribution in [0.3, 0.4) is 0 Å². The first-order valence-electron chi connectivity index (χ1n) is 9.18. The SMILES string of the molecule is Nc1ncc(-c2cc3n(n2)CCC32CCNC2)cc1OCc1cccnn1. The summed E-state index contributed by atoms with van der Waals surface area (Å²) in [5, 5.41) is 16.2. The Labute approximate surface area is 156 Å². The molecule has 5 heterocycles. The second kappa shape index (κ2) is 6.31. The van der Waals surface area contributed by atoms with Crippen LogP contribution in [0, 0.1) is 0 Å². The lowest BCUT2D eigenvalue weighted by molar-refractivity contribution is 0.300. The van der Waals surface area contributed by atoms with Crippen molar-refractivity contribution in [2.24, 2.45) is 0 Å². The van der Waals surface area contributed by atoms with E-state index in [1.54, 1.807) is 12.4 Å². The van der Waals surface area contributed by atoms with Crippen molar-refractivity contribution in [2.75, 3.05) is 18.8 Å². The molecule has 5 rings (SSSR count). The van der Waals surface area contributed by atoms with Gasteiger partial charge in [0, 0.05) is 42.2 Å². The lowest BCUT2D eigenvalue weighted by Crippen LogP contribution is -2.25. The van der Waals surface area contributed by atoms with Crippen LogP contribution in [0.4, 0.5) is 5.82 Å². The molecule has 27 heavy (non-hydrogen) atoms. The molecular weight excluding hydrogens is 342 g/mol. The van der Waals surface area contributed by atoms with E-state index in [4.69, 9.17) is 15.6 Å². The largest absolute Gasteiger partial charge is 0.483 e. The molecule has 0 saturated carbocycles. The Morgan fingerprint density at radius 3 is 3.07 bits per heavy atom. The summed E-state index contributed by atoms with van der Waals surface area (Å²) in [5.74, 6) is 0.884. The monoisotopic (exact) mass is 363 g/mol. The van der Waals surface area contributed by atoms with Crippen molar-refractivity contribution in [2.45, 2.75) is 31.4 Å². The minimum Gasteiger partial charge on any atom is -0.483 e. The molecule has 0 aliphatic carbocycles. The van der Waals surface area contributed by atoms with Crippen molar-refractivity contribution < 1.29 is 4.74 Å². The lowest BCUT2D eigenvalue weighted by Gasteiger charge is -2.20. The summed E-state index contributed by atoms with van der Waals surface area (Å²) in [4.78, 5) is 4.29. The summed E-state index contributed by atoms with van der Waals surface area (Å²) in [6.45, 7) is 3.36. The number of aromatic nitrogens is 5. The number of nitrogens with two attached hydrogens (primary N) is 1. The van der Waals surface area contributed by atoms with Gasteiger partial charge < -0.3 is 15.8 Å². The maximum atomic E-state index is 5.99. The number of nitrogen functional groups attached to an aromatic ring is 1. The molecule has 1 atom stereocenters.